The zero-order chi connectivity index (χ0) is 43.1. The molecule has 0 amide bonds. The fourth-order valence-corrected chi connectivity index (χ4v) is 13.6. The summed E-state index contributed by atoms with van der Waals surface area (Å²) in [6, 6.07) is 85.9. The molecule has 0 bridgehead atoms. The van der Waals surface area contributed by atoms with E-state index in [9.17, 15) is 0 Å². The fraction of sp³-hybridized carbons (Fsp3) is 0.0159. The van der Waals surface area contributed by atoms with E-state index in [-0.39, 0.29) is 0 Å². The molecule has 0 saturated heterocycles. The van der Waals surface area contributed by atoms with Crippen molar-refractivity contribution in [1.29, 1.82) is 0 Å². The van der Waals surface area contributed by atoms with Crippen LogP contribution in [0.25, 0.3) is 109 Å². The number of benzene rings is 10. The molecule has 3 aromatic heterocycles. The lowest BCUT2D eigenvalue weighted by molar-refractivity contribution is 0.793. The third-order valence-electron chi connectivity index (χ3n) is 14.7. The summed E-state index contributed by atoms with van der Waals surface area (Å²) in [6.07, 6.45) is 0. The zero-order valence-electron chi connectivity index (χ0n) is 35.7. The van der Waals surface area contributed by atoms with E-state index in [2.05, 4.69) is 240 Å². The van der Waals surface area contributed by atoms with Crippen molar-refractivity contribution in [3.63, 3.8) is 0 Å². The summed E-state index contributed by atoms with van der Waals surface area (Å²) in [5.41, 5.74) is 21.0. The number of rotatable bonds is 4. The number of hydrogen-bond acceptors (Lipinski definition) is 1. The highest BCUT2D eigenvalue weighted by Crippen LogP contribution is 2.65. The highest BCUT2D eigenvalue weighted by Gasteiger charge is 2.52. The lowest BCUT2D eigenvalue weighted by atomic mass is 9.70. The molecule has 0 fully saturated rings. The van der Waals surface area contributed by atoms with E-state index in [4.69, 9.17) is 0 Å². The van der Waals surface area contributed by atoms with Crippen molar-refractivity contribution in [2.24, 2.45) is 0 Å². The summed E-state index contributed by atoms with van der Waals surface area (Å²) >= 11 is 1.97. The first kappa shape index (κ1) is 36.1. The van der Waals surface area contributed by atoms with Gasteiger partial charge >= 0.3 is 0 Å². The summed E-state index contributed by atoms with van der Waals surface area (Å²) in [7, 11) is 0. The predicted molar refractivity (Wildman–Crippen MR) is 278 cm³/mol. The highest BCUT2D eigenvalue weighted by atomic mass is 32.1. The number of fused-ring (bicyclic) bond motifs is 19. The van der Waals surface area contributed by atoms with Crippen molar-refractivity contribution in [3.05, 3.63) is 253 Å². The molecule has 1 unspecified atom stereocenters. The first-order valence-electron chi connectivity index (χ1n) is 22.9. The summed E-state index contributed by atoms with van der Waals surface area (Å²) in [4.78, 5) is 0. The second-order valence-corrected chi connectivity index (χ2v) is 18.9. The van der Waals surface area contributed by atoms with Gasteiger partial charge in [0.2, 0.25) is 0 Å². The minimum absolute atomic E-state index is 0.519. The van der Waals surface area contributed by atoms with E-state index in [0.29, 0.717) is 0 Å². The van der Waals surface area contributed by atoms with Gasteiger partial charge in [-0.2, -0.15) is 0 Å². The van der Waals surface area contributed by atoms with Crippen LogP contribution in [-0.2, 0) is 5.41 Å². The molecule has 2 aliphatic rings. The largest absolute Gasteiger partial charge is 0.309 e. The Morgan fingerprint density at radius 3 is 1.67 bits per heavy atom. The van der Waals surface area contributed by atoms with Crippen molar-refractivity contribution >= 4 is 64.2 Å². The Morgan fingerprint density at radius 2 is 0.894 bits per heavy atom. The van der Waals surface area contributed by atoms with Gasteiger partial charge in [-0.3, -0.25) is 0 Å². The molecule has 0 radical (unpaired) electrons. The molecule has 306 valence electrons. The number of para-hydroxylation sites is 3. The first-order chi connectivity index (χ1) is 32.8. The van der Waals surface area contributed by atoms with Gasteiger partial charge < -0.3 is 9.13 Å². The average molecular weight is 855 g/mol. The van der Waals surface area contributed by atoms with Crippen LogP contribution in [0.2, 0.25) is 0 Å². The van der Waals surface area contributed by atoms with Crippen LogP contribution in [0, 0.1) is 0 Å². The smallest absolute Gasteiger partial charge is 0.0726 e. The predicted octanol–water partition coefficient (Wildman–Crippen LogP) is 16.8. The van der Waals surface area contributed by atoms with Gasteiger partial charge in [-0.1, -0.05) is 188 Å². The zero-order valence-corrected chi connectivity index (χ0v) is 36.6. The van der Waals surface area contributed by atoms with Crippen LogP contribution < -0.4 is 0 Å². The maximum absolute atomic E-state index is 2.53. The molecule has 66 heavy (non-hydrogen) atoms. The third kappa shape index (κ3) is 4.59. The monoisotopic (exact) mass is 854 g/mol. The number of hydrogen-bond donors (Lipinski definition) is 0. The molecule has 2 aliphatic carbocycles. The van der Waals surface area contributed by atoms with E-state index < -0.39 is 5.41 Å². The Balaban J connectivity index is 1.03. The molecule has 3 heteroatoms. The van der Waals surface area contributed by atoms with Crippen LogP contribution in [0.5, 0.6) is 0 Å². The lowest BCUT2D eigenvalue weighted by Crippen LogP contribution is -2.26. The van der Waals surface area contributed by atoms with Crippen molar-refractivity contribution in [2.75, 3.05) is 0 Å². The van der Waals surface area contributed by atoms with Crippen LogP contribution in [0.3, 0.4) is 0 Å². The molecule has 0 N–H and O–H groups in total. The van der Waals surface area contributed by atoms with Crippen LogP contribution in [0.15, 0.2) is 231 Å². The fourth-order valence-electron chi connectivity index (χ4n) is 12.2. The second-order valence-electron chi connectivity index (χ2n) is 17.9. The second kappa shape index (κ2) is 13.4. The lowest BCUT2D eigenvalue weighted by Gasteiger charge is -2.31. The van der Waals surface area contributed by atoms with Gasteiger partial charge in [0, 0.05) is 58.8 Å². The Kier molecular flexibility index (Phi) is 7.34. The van der Waals surface area contributed by atoms with E-state index in [1.165, 1.54) is 125 Å². The molecule has 15 rings (SSSR count). The molecule has 13 aromatic rings. The van der Waals surface area contributed by atoms with Crippen LogP contribution in [-0.4, -0.2) is 9.13 Å². The van der Waals surface area contributed by atoms with Gasteiger partial charge in [-0.15, -0.1) is 11.3 Å². The van der Waals surface area contributed by atoms with Crippen LogP contribution in [0.4, 0.5) is 0 Å². The van der Waals surface area contributed by atoms with Crippen molar-refractivity contribution in [1.82, 2.24) is 9.13 Å². The van der Waals surface area contributed by atoms with Gasteiger partial charge in [0.05, 0.1) is 27.7 Å². The van der Waals surface area contributed by atoms with Crippen molar-refractivity contribution in [2.45, 2.75) is 5.41 Å². The van der Waals surface area contributed by atoms with Gasteiger partial charge in [0.1, 0.15) is 0 Å². The van der Waals surface area contributed by atoms with Crippen molar-refractivity contribution < 1.29 is 0 Å². The van der Waals surface area contributed by atoms with Gasteiger partial charge in [0.25, 0.3) is 0 Å². The summed E-state index contributed by atoms with van der Waals surface area (Å²) < 4.78 is 7.66. The Morgan fingerprint density at radius 1 is 0.318 bits per heavy atom. The number of nitrogens with zero attached hydrogens (tertiary/aromatic N) is 2. The Bertz CT molecular complexity index is 4150. The first-order valence-corrected chi connectivity index (χ1v) is 23.7. The molecule has 1 spiro atoms. The van der Waals surface area contributed by atoms with E-state index in [1.54, 1.807) is 0 Å². The Hall–Kier alpha value is -8.24. The molecule has 2 nitrogen and oxygen atoms in total. The standard InChI is InChI=1S/C63H38N2S/c1-4-18-39(19-5-1)57-48-26-12-17-31-55(48)65(60(57)40-20-6-2-7-21-40)42-32-33-44-43-24-10-14-28-50(43)63(53(44)38-42)51-29-15-11-25-47(51)58-52(63)36-34-45-46-35-37-56-59(62(46)66-61(45)58)49-27-13-16-30-54(49)64(56)41-22-8-3-9-23-41/h1-38H. The van der Waals surface area contributed by atoms with E-state index >= 15 is 0 Å². The molecule has 0 aliphatic heterocycles. The average Bonchev–Trinajstić information content (AvgIpc) is 4.17. The molecule has 3 heterocycles. The molecular weight excluding hydrogens is 817 g/mol. The molecule has 10 aromatic carbocycles. The van der Waals surface area contributed by atoms with Gasteiger partial charge in [-0.05, 0) is 92.5 Å². The molecule has 0 saturated carbocycles. The highest BCUT2D eigenvalue weighted by molar-refractivity contribution is 7.27. The van der Waals surface area contributed by atoms with E-state index in [1.807, 2.05) is 11.3 Å². The molecular formula is C63H38N2S. The summed E-state index contributed by atoms with van der Waals surface area (Å²) in [5, 5.41) is 6.49. The number of thiophene rings is 1. The normalized spacial score (nSPS) is 14.7. The summed E-state index contributed by atoms with van der Waals surface area (Å²) in [5.74, 6) is 0. The number of aromatic nitrogens is 2. The van der Waals surface area contributed by atoms with Crippen LogP contribution >= 0.6 is 11.3 Å². The minimum atomic E-state index is -0.519. The molecule has 1 atom stereocenters. The topological polar surface area (TPSA) is 9.86 Å². The van der Waals surface area contributed by atoms with Gasteiger partial charge in [0.15, 0.2) is 0 Å². The maximum atomic E-state index is 2.53. The summed E-state index contributed by atoms with van der Waals surface area (Å²) in [6.45, 7) is 0. The van der Waals surface area contributed by atoms with Crippen LogP contribution in [0.1, 0.15) is 22.3 Å². The SMILES string of the molecule is c1ccc(-c2c(-c3ccccc3)n(-c3ccc4c(c3)C3(c5ccccc5-4)c4ccccc4-c4c3ccc3c4sc4c3ccc3c4c4ccccc4n3-c3ccccc3)c3ccccc23)cc1. The third-order valence-corrected chi connectivity index (χ3v) is 16.0. The van der Waals surface area contributed by atoms with E-state index in [0.717, 1.165) is 5.69 Å². The Labute approximate surface area is 385 Å². The minimum Gasteiger partial charge on any atom is -0.309 e. The van der Waals surface area contributed by atoms with Crippen molar-refractivity contribution in [3.8, 4) is 56.0 Å². The maximum Gasteiger partial charge on any atom is 0.0726 e. The van der Waals surface area contributed by atoms with Gasteiger partial charge in [-0.25, -0.2) is 0 Å². The quantitative estimate of drug-likeness (QED) is 0.167.